The van der Waals surface area contributed by atoms with E-state index in [1.165, 1.54) is 4.90 Å². The van der Waals surface area contributed by atoms with Gasteiger partial charge in [0.1, 0.15) is 5.69 Å². The highest BCUT2D eigenvalue weighted by molar-refractivity contribution is 6.01. The van der Waals surface area contributed by atoms with Crippen LogP contribution in [0.25, 0.3) is 11.3 Å². The van der Waals surface area contributed by atoms with E-state index in [4.69, 9.17) is 0 Å². The van der Waals surface area contributed by atoms with Gasteiger partial charge in [-0.05, 0) is 19.4 Å². The first-order chi connectivity index (χ1) is 13.9. The van der Waals surface area contributed by atoms with E-state index in [1.807, 2.05) is 74.5 Å². The molecule has 0 spiro atoms. The molecule has 0 aliphatic carbocycles. The molecule has 0 saturated carbocycles. The summed E-state index contributed by atoms with van der Waals surface area (Å²) in [7, 11) is 1.63. The van der Waals surface area contributed by atoms with Gasteiger partial charge < -0.3 is 10.2 Å². The monoisotopic (exact) mass is 390 g/mol. The van der Waals surface area contributed by atoms with Gasteiger partial charge in [-0.1, -0.05) is 60.7 Å². The standard InChI is InChI=1S/C23H26N4O2/c1-17(2)24-21(28)16-26(3)23(29)20-15-27(14-18-10-6-4-7-11-18)25-22(20)19-12-8-5-9-13-19/h4-13,15,17H,14,16H2,1-3H3,(H,24,28). The van der Waals surface area contributed by atoms with Gasteiger partial charge in [0.05, 0.1) is 18.7 Å². The molecule has 3 rings (SSSR count). The Labute approximate surface area is 171 Å². The van der Waals surface area contributed by atoms with Gasteiger partial charge in [-0.25, -0.2) is 0 Å². The van der Waals surface area contributed by atoms with Gasteiger partial charge in [0.25, 0.3) is 5.91 Å². The second-order valence-electron chi connectivity index (χ2n) is 7.32. The molecule has 0 aliphatic rings. The number of carbonyl (C=O) groups is 2. The third kappa shape index (κ3) is 5.31. The highest BCUT2D eigenvalue weighted by Gasteiger charge is 2.22. The summed E-state index contributed by atoms with van der Waals surface area (Å²) in [6, 6.07) is 19.6. The number of aromatic nitrogens is 2. The van der Waals surface area contributed by atoms with E-state index < -0.39 is 0 Å². The fraction of sp³-hybridized carbons (Fsp3) is 0.261. The van der Waals surface area contributed by atoms with E-state index >= 15 is 0 Å². The molecule has 2 amide bonds. The van der Waals surface area contributed by atoms with Crippen LogP contribution in [0, 0.1) is 0 Å². The molecule has 1 aromatic heterocycles. The Morgan fingerprint density at radius 1 is 1.03 bits per heavy atom. The zero-order chi connectivity index (χ0) is 20.8. The molecular formula is C23H26N4O2. The SMILES string of the molecule is CC(C)NC(=O)CN(C)C(=O)c1cn(Cc2ccccc2)nc1-c1ccccc1. The van der Waals surface area contributed by atoms with Crippen LogP contribution < -0.4 is 5.32 Å². The molecule has 0 radical (unpaired) electrons. The summed E-state index contributed by atoms with van der Waals surface area (Å²) in [6.07, 6.45) is 1.76. The molecule has 0 bridgehead atoms. The number of nitrogens with zero attached hydrogens (tertiary/aromatic N) is 3. The third-order valence-electron chi connectivity index (χ3n) is 4.40. The number of amides is 2. The van der Waals surface area contributed by atoms with Crippen LogP contribution in [-0.2, 0) is 11.3 Å². The first-order valence-corrected chi connectivity index (χ1v) is 9.65. The maximum atomic E-state index is 13.1. The van der Waals surface area contributed by atoms with Crippen molar-refractivity contribution in [3.05, 3.63) is 78.0 Å². The second kappa shape index (κ2) is 9.19. The molecule has 0 aliphatic heterocycles. The summed E-state index contributed by atoms with van der Waals surface area (Å²) < 4.78 is 1.77. The minimum atomic E-state index is -0.234. The van der Waals surface area contributed by atoms with Crippen LogP contribution in [0.1, 0.15) is 29.8 Å². The van der Waals surface area contributed by atoms with Gasteiger partial charge in [0.15, 0.2) is 0 Å². The van der Waals surface area contributed by atoms with Crippen molar-refractivity contribution in [3.8, 4) is 11.3 Å². The molecule has 1 heterocycles. The van der Waals surface area contributed by atoms with Crippen LogP contribution in [0.4, 0.5) is 0 Å². The molecule has 29 heavy (non-hydrogen) atoms. The lowest BCUT2D eigenvalue weighted by Gasteiger charge is -2.17. The number of hydrogen-bond acceptors (Lipinski definition) is 3. The molecule has 0 unspecified atom stereocenters. The summed E-state index contributed by atoms with van der Waals surface area (Å²) in [5.74, 6) is -0.421. The van der Waals surface area contributed by atoms with E-state index in [9.17, 15) is 9.59 Å². The number of hydrogen-bond donors (Lipinski definition) is 1. The zero-order valence-electron chi connectivity index (χ0n) is 17.0. The minimum Gasteiger partial charge on any atom is -0.352 e. The highest BCUT2D eigenvalue weighted by Crippen LogP contribution is 2.23. The zero-order valence-corrected chi connectivity index (χ0v) is 17.0. The Morgan fingerprint density at radius 2 is 1.66 bits per heavy atom. The third-order valence-corrected chi connectivity index (χ3v) is 4.40. The van der Waals surface area contributed by atoms with Crippen molar-refractivity contribution in [2.45, 2.75) is 26.4 Å². The Hall–Kier alpha value is -3.41. The van der Waals surface area contributed by atoms with Crippen molar-refractivity contribution in [2.24, 2.45) is 0 Å². The van der Waals surface area contributed by atoms with E-state index in [0.717, 1.165) is 11.1 Å². The van der Waals surface area contributed by atoms with Crippen molar-refractivity contribution >= 4 is 11.8 Å². The summed E-state index contributed by atoms with van der Waals surface area (Å²) in [5.41, 5.74) is 3.05. The van der Waals surface area contributed by atoms with Crippen LogP contribution in [0.5, 0.6) is 0 Å². The van der Waals surface area contributed by atoms with Crippen LogP contribution >= 0.6 is 0 Å². The van der Waals surface area contributed by atoms with Crippen molar-refractivity contribution in [3.63, 3.8) is 0 Å². The number of carbonyl (C=O) groups excluding carboxylic acids is 2. The normalized spacial score (nSPS) is 10.8. The fourth-order valence-electron chi connectivity index (χ4n) is 3.10. The molecule has 3 aromatic rings. The van der Waals surface area contributed by atoms with E-state index in [0.29, 0.717) is 17.8 Å². The van der Waals surface area contributed by atoms with Gasteiger partial charge in [0, 0.05) is 24.8 Å². The first kappa shape index (κ1) is 20.3. The maximum Gasteiger partial charge on any atom is 0.257 e. The Bertz CT molecular complexity index is 965. The minimum absolute atomic E-state index is 0.00485. The number of benzene rings is 2. The largest absolute Gasteiger partial charge is 0.352 e. The Morgan fingerprint density at radius 3 is 2.28 bits per heavy atom. The molecule has 2 aromatic carbocycles. The molecular weight excluding hydrogens is 364 g/mol. The fourth-order valence-corrected chi connectivity index (χ4v) is 3.10. The summed E-state index contributed by atoms with van der Waals surface area (Å²) in [6.45, 7) is 4.34. The van der Waals surface area contributed by atoms with Gasteiger partial charge in [-0.15, -0.1) is 0 Å². The predicted octanol–water partition coefficient (Wildman–Crippen LogP) is 3.20. The number of likely N-dealkylation sites (N-methyl/N-ethyl adjacent to an activating group) is 1. The molecule has 6 nitrogen and oxygen atoms in total. The smallest absolute Gasteiger partial charge is 0.257 e. The molecule has 1 N–H and O–H groups in total. The van der Waals surface area contributed by atoms with E-state index in [2.05, 4.69) is 10.4 Å². The Balaban J connectivity index is 1.89. The molecule has 6 heteroatoms. The molecule has 0 saturated heterocycles. The lowest BCUT2D eigenvalue weighted by atomic mass is 10.1. The van der Waals surface area contributed by atoms with Crippen LogP contribution in [-0.4, -0.2) is 46.1 Å². The summed E-state index contributed by atoms with van der Waals surface area (Å²) in [4.78, 5) is 26.6. The van der Waals surface area contributed by atoms with E-state index in [1.54, 1.807) is 17.9 Å². The molecule has 0 atom stereocenters. The average Bonchev–Trinajstić information content (AvgIpc) is 3.11. The topological polar surface area (TPSA) is 67.2 Å². The van der Waals surface area contributed by atoms with Crippen molar-refractivity contribution in [1.29, 1.82) is 0 Å². The average molecular weight is 390 g/mol. The molecule has 0 fully saturated rings. The quantitative estimate of drug-likeness (QED) is 0.674. The van der Waals surface area contributed by atoms with Crippen molar-refractivity contribution in [1.82, 2.24) is 20.0 Å². The maximum absolute atomic E-state index is 13.1. The van der Waals surface area contributed by atoms with Crippen LogP contribution in [0.2, 0.25) is 0 Å². The lowest BCUT2D eigenvalue weighted by molar-refractivity contribution is -0.122. The summed E-state index contributed by atoms with van der Waals surface area (Å²) >= 11 is 0. The number of rotatable bonds is 7. The first-order valence-electron chi connectivity index (χ1n) is 9.65. The number of nitrogens with one attached hydrogen (secondary N) is 1. The lowest BCUT2D eigenvalue weighted by Crippen LogP contribution is -2.40. The van der Waals surface area contributed by atoms with Gasteiger partial charge >= 0.3 is 0 Å². The van der Waals surface area contributed by atoms with Gasteiger partial charge in [0.2, 0.25) is 5.91 Å². The van der Waals surface area contributed by atoms with E-state index in [-0.39, 0.29) is 24.4 Å². The molecule has 150 valence electrons. The highest BCUT2D eigenvalue weighted by atomic mass is 16.2. The van der Waals surface area contributed by atoms with Crippen molar-refractivity contribution in [2.75, 3.05) is 13.6 Å². The van der Waals surface area contributed by atoms with Crippen LogP contribution in [0.3, 0.4) is 0 Å². The van der Waals surface area contributed by atoms with Crippen molar-refractivity contribution < 1.29 is 9.59 Å². The second-order valence-corrected chi connectivity index (χ2v) is 7.32. The Kier molecular flexibility index (Phi) is 6.44. The predicted molar refractivity (Wildman–Crippen MR) is 113 cm³/mol. The van der Waals surface area contributed by atoms with Gasteiger partial charge in [-0.2, -0.15) is 5.10 Å². The summed E-state index contributed by atoms with van der Waals surface area (Å²) in [5, 5.41) is 7.49. The van der Waals surface area contributed by atoms with Gasteiger partial charge in [-0.3, -0.25) is 14.3 Å². The van der Waals surface area contributed by atoms with Crippen LogP contribution in [0.15, 0.2) is 66.9 Å².